The number of carbonyl (C=O) groups excluding carboxylic acids is 1. The first-order valence-corrected chi connectivity index (χ1v) is 12.5. The molecule has 0 aromatic carbocycles. The molecular weight excluding hydrogens is 452 g/mol. The van der Waals surface area contributed by atoms with E-state index in [1.165, 1.54) is 11.8 Å². The van der Waals surface area contributed by atoms with E-state index in [4.69, 9.17) is 21.9 Å². The minimum absolute atomic E-state index is 0.167. The van der Waals surface area contributed by atoms with Crippen LogP contribution in [0.1, 0.15) is 17.5 Å². The maximum atomic E-state index is 13.5. The third kappa shape index (κ3) is 4.52. The molecular formula is C21H24N4O3S3. The van der Waals surface area contributed by atoms with E-state index >= 15 is 0 Å². The maximum Gasteiger partial charge on any atom is 0.267 e. The van der Waals surface area contributed by atoms with Crippen molar-refractivity contribution in [2.75, 3.05) is 49.8 Å². The average molecular weight is 477 g/mol. The second kappa shape index (κ2) is 9.72. The van der Waals surface area contributed by atoms with Gasteiger partial charge in [0.2, 0.25) is 0 Å². The van der Waals surface area contributed by atoms with Gasteiger partial charge in [-0.2, -0.15) is 11.8 Å². The highest BCUT2D eigenvalue weighted by molar-refractivity contribution is 8.26. The molecule has 7 nitrogen and oxygen atoms in total. The minimum Gasteiger partial charge on any atom is -0.385 e. The van der Waals surface area contributed by atoms with Gasteiger partial charge in [-0.05, 0) is 31.1 Å². The molecule has 0 radical (unpaired) electrons. The normalized spacial score (nSPS) is 18.6. The molecule has 0 saturated carbocycles. The van der Waals surface area contributed by atoms with Crippen molar-refractivity contribution in [1.29, 1.82) is 0 Å². The molecule has 4 rings (SSSR count). The predicted molar refractivity (Wildman–Crippen MR) is 132 cm³/mol. The Kier molecular flexibility index (Phi) is 7.00. The van der Waals surface area contributed by atoms with Crippen molar-refractivity contribution in [2.24, 2.45) is 0 Å². The van der Waals surface area contributed by atoms with Crippen LogP contribution >= 0.6 is 35.7 Å². The SMILES string of the molecule is COCCCN1C(=O)C(=Cc2c(N3CCSCC3)nc3c(C)cccn3c2=O)SC1=S. The number of hydrogen-bond donors (Lipinski definition) is 0. The molecule has 0 N–H and O–H groups in total. The summed E-state index contributed by atoms with van der Waals surface area (Å²) in [7, 11) is 1.63. The van der Waals surface area contributed by atoms with Crippen molar-refractivity contribution in [3.63, 3.8) is 0 Å². The van der Waals surface area contributed by atoms with E-state index in [1.54, 1.807) is 28.7 Å². The second-order valence-electron chi connectivity index (χ2n) is 7.32. The fourth-order valence-corrected chi connectivity index (χ4v) is 5.83. The van der Waals surface area contributed by atoms with Gasteiger partial charge in [0.25, 0.3) is 11.5 Å². The monoisotopic (exact) mass is 476 g/mol. The van der Waals surface area contributed by atoms with Crippen LogP contribution in [0.3, 0.4) is 0 Å². The molecule has 0 unspecified atom stereocenters. The zero-order valence-electron chi connectivity index (χ0n) is 17.5. The Balaban J connectivity index is 1.79. The zero-order valence-corrected chi connectivity index (χ0v) is 19.9. The van der Waals surface area contributed by atoms with Gasteiger partial charge in [-0.1, -0.05) is 30.0 Å². The van der Waals surface area contributed by atoms with Crippen LogP contribution < -0.4 is 10.5 Å². The quantitative estimate of drug-likeness (QED) is 0.358. The molecule has 31 heavy (non-hydrogen) atoms. The van der Waals surface area contributed by atoms with Gasteiger partial charge in [-0.15, -0.1) is 0 Å². The summed E-state index contributed by atoms with van der Waals surface area (Å²) >= 11 is 8.55. The second-order valence-corrected chi connectivity index (χ2v) is 10.2. The molecule has 10 heteroatoms. The van der Waals surface area contributed by atoms with Gasteiger partial charge < -0.3 is 9.64 Å². The first-order chi connectivity index (χ1) is 15.0. The van der Waals surface area contributed by atoms with Gasteiger partial charge in [-0.25, -0.2) is 4.98 Å². The Morgan fingerprint density at radius 3 is 2.81 bits per heavy atom. The van der Waals surface area contributed by atoms with Crippen molar-refractivity contribution in [1.82, 2.24) is 14.3 Å². The molecule has 0 aliphatic carbocycles. The van der Waals surface area contributed by atoms with E-state index in [0.717, 1.165) is 30.2 Å². The minimum atomic E-state index is -0.174. The number of rotatable bonds is 6. The first kappa shape index (κ1) is 22.3. The molecule has 0 atom stereocenters. The lowest BCUT2D eigenvalue weighted by Gasteiger charge is -2.29. The molecule has 4 heterocycles. The van der Waals surface area contributed by atoms with Crippen molar-refractivity contribution in [3.8, 4) is 0 Å². The number of nitrogens with zero attached hydrogens (tertiary/aromatic N) is 4. The molecule has 2 aromatic heterocycles. The number of anilines is 1. The Morgan fingerprint density at radius 2 is 2.06 bits per heavy atom. The number of thioether (sulfide) groups is 2. The van der Waals surface area contributed by atoms with E-state index < -0.39 is 0 Å². The highest BCUT2D eigenvalue weighted by Crippen LogP contribution is 2.34. The number of amides is 1. The molecule has 0 spiro atoms. The van der Waals surface area contributed by atoms with E-state index in [1.807, 2.05) is 30.8 Å². The van der Waals surface area contributed by atoms with Crippen LogP contribution in [0.15, 0.2) is 28.0 Å². The highest BCUT2D eigenvalue weighted by Gasteiger charge is 2.32. The fourth-order valence-electron chi connectivity index (χ4n) is 3.63. The third-order valence-corrected chi connectivity index (χ3v) is 7.57. The molecule has 2 fully saturated rings. The van der Waals surface area contributed by atoms with Crippen molar-refractivity contribution in [3.05, 3.63) is 44.7 Å². The van der Waals surface area contributed by atoms with Crippen LogP contribution in [0.25, 0.3) is 11.7 Å². The molecule has 2 aliphatic rings. The summed E-state index contributed by atoms with van der Waals surface area (Å²) in [6.45, 7) is 4.64. The van der Waals surface area contributed by atoms with Crippen LogP contribution in [0.4, 0.5) is 5.82 Å². The van der Waals surface area contributed by atoms with Crippen LogP contribution in [0, 0.1) is 6.92 Å². The molecule has 1 amide bonds. The molecule has 2 aliphatic heterocycles. The molecule has 2 saturated heterocycles. The third-order valence-electron chi connectivity index (χ3n) is 5.25. The number of methoxy groups -OCH3 is 1. The number of pyridine rings is 1. The number of fused-ring (bicyclic) bond motifs is 1. The Bertz CT molecular complexity index is 1110. The Labute approximate surface area is 194 Å². The van der Waals surface area contributed by atoms with Gasteiger partial charge in [0, 0.05) is 51.1 Å². The number of aromatic nitrogens is 2. The summed E-state index contributed by atoms with van der Waals surface area (Å²) in [5.41, 5.74) is 1.84. The fraction of sp³-hybridized carbons (Fsp3) is 0.429. The summed E-state index contributed by atoms with van der Waals surface area (Å²) < 4.78 is 7.15. The number of aryl methyl sites for hydroxylation is 1. The van der Waals surface area contributed by atoms with Gasteiger partial charge in [0.1, 0.15) is 15.8 Å². The molecule has 164 valence electrons. The molecule has 0 bridgehead atoms. The summed E-state index contributed by atoms with van der Waals surface area (Å²) in [6, 6.07) is 3.78. The van der Waals surface area contributed by atoms with Gasteiger partial charge >= 0.3 is 0 Å². The van der Waals surface area contributed by atoms with Crippen LogP contribution in [-0.2, 0) is 9.53 Å². The van der Waals surface area contributed by atoms with E-state index in [-0.39, 0.29) is 11.5 Å². The number of hydrogen-bond acceptors (Lipinski definition) is 8. The summed E-state index contributed by atoms with van der Waals surface area (Å²) in [4.78, 5) is 35.5. The Morgan fingerprint density at radius 1 is 1.29 bits per heavy atom. The van der Waals surface area contributed by atoms with Crippen molar-refractivity contribution < 1.29 is 9.53 Å². The van der Waals surface area contributed by atoms with Gasteiger partial charge in [-0.3, -0.25) is 18.9 Å². The highest BCUT2D eigenvalue weighted by atomic mass is 32.2. The van der Waals surface area contributed by atoms with Crippen molar-refractivity contribution in [2.45, 2.75) is 13.3 Å². The summed E-state index contributed by atoms with van der Waals surface area (Å²) in [6.07, 6.45) is 4.10. The topological polar surface area (TPSA) is 67.2 Å². The Hall–Kier alpha value is -1.88. The zero-order chi connectivity index (χ0) is 22.0. The van der Waals surface area contributed by atoms with Crippen LogP contribution in [0.2, 0.25) is 0 Å². The van der Waals surface area contributed by atoms with Gasteiger partial charge in [0.15, 0.2) is 0 Å². The predicted octanol–water partition coefficient (Wildman–Crippen LogP) is 2.79. The first-order valence-electron chi connectivity index (χ1n) is 10.1. The largest absolute Gasteiger partial charge is 0.385 e. The smallest absolute Gasteiger partial charge is 0.267 e. The van der Waals surface area contributed by atoms with E-state index in [9.17, 15) is 9.59 Å². The van der Waals surface area contributed by atoms with E-state index in [0.29, 0.717) is 45.8 Å². The number of ether oxygens (including phenoxy) is 1. The van der Waals surface area contributed by atoms with E-state index in [2.05, 4.69) is 4.90 Å². The van der Waals surface area contributed by atoms with Gasteiger partial charge in [0.05, 0.1) is 10.5 Å². The van der Waals surface area contributed by atoms with Crippen LogP contribution in [-0.4, -0.2) is 69.4 Å². The summed E-state index contributed by atoms with van der Waals surface area (Å²) in [5, 5.41) is 0. The van der Waals surface area contributed by atoms with Crippen molar-refractivity contribution >= 4 is 63.5 Å². The van der Waals surface area contributed by atoms with Crippen LogP contribution in [0.5, 0.6) is 0 Å². The maximum absolute atomic E-state index is 13.5. The lowest BCUT2D eigenvalue weighted by atomic mass is 10.2. The number of carbonyl (C=O) groups is 1. The standard InChI is InChI=1S/C21H24N4O3S3/c1-14-5-3-6-24-17(14)22-18(23-8-11-30-12-9-23)15(19(24)26)13-16-20(27)25(21(29)31-16)7-4-10-28-2/h3,5-6,13H,4,7-12H2,1-2H3. The lowest BCUT2D eigenvalue weighted by Crippen LogP contribution is -2.36. The summed E-state index contributed by atoms with van der Waals surface area (Å²) in [5.74, 6) is 2.44. The lowest BCUT2D eigenvalue weighted by molar-refractivity contribution is -0.122. The number of thiocarbonyl (C=S) groups is 1. The molecule has 2 aromatic rings. The average Bonchev–Trinajstić information content (AvgIpc) is 3.04.